The molecule has 1 aromatic carbocycles. The number of benzene rings is 1. The summed E-state index contributed by atoms with van der Waals surface area (Å²) >= 11 is 17.1. The van der Waals surface area contributed by atoms with Crippen LogP contribution >= 0.6 is 34.8 Å². The van der Waals surface area contributed by atoms with E-state index in [-0.39, 0.29) is 6.03 Å². The van der Waals surface area contributed by atoms with Crippen molar-refractivity contribution in [2.75, 3.05) is 35.2 Å². The highest BCUT2D eigenvalue weighted by Gasteiger charge is 2.12. The maximum Gasteiger partial charge on any atom is 0.319 e. The van der Waals surface area contributed by atoms with E-state index in [4.69, 9.17) is 40.5 Å². The van der Waals surface area contributed by atoms with Crippen LogP contribution in [0.3, 0.4) is 0 Å². The number of nitrogens with one attached hydrogen (secondary N) is 2. The lowest BCUT2D eigenvalue weighted by Gasteiger charge is -2.16. The van der Waals surface area contributed by atoms with E-state index in [2.05, 4.69) is 10.6 Å². The van der Waals surface area contributed by atoms with Crippen LogP contribution in [0.5, 0.6) is 0 Å². The van der Waals surface area contributed by atoms with E-state index < -0.39 is 0 Å². The van der Waals surface area contributed by atoms with E-state index in [0.717, 1.165) is 17.5 Å². The Morgan fingerprint density at radius 1 is 1.10 bits per heavy atom. The summed E-state index contributed by atoms with van der Waals surface area (Å²) in [7, 11) is 0. The number of anilines is 2. The maximum atomic E-state index is 11.6. The SMILES string of the molecule is Nc1c(NC(=O)NCCCl)ccc(CCCl)c1CCCl. The minimum Gasteiger partial charge on any atom is -0.397 e. The van der Waals surface area contributed by atoms with Crippen molar-refractivity contribution in [3.8, 4) is 0 Å². The predicted molar refractivity (Wildman–Crippen MR) is 87.4 cm³/mol. The van der Waals surface area contributed by atoms with Crippen molar-refractivity contribution in [1.82, 2.24) is 5.32 Å². The van der Waals surface area contributed by atoms with Gasteiger partial charge in [0.25, 0.3) is 0 Å². The Labute approximate surface area is 133 Å². The first-order valence-electron chi connectivity index (χ1n) is 6.27. The van der Waals surface area contributed by atoms with E-state index in [1.54, 1.807) is 6.07 Å². The normalized spacial score (nSPS) is 10.3. The standard InChI is InChI=1S/C13H18Cl3N3O/c14-5-3-9-1-2-11(12(17)10(9)4-6-15)19-13(20)18-8-7-16/h1-2H,3-8,17H2,(H2,18,19,20). The monoisotopic (exact) mass is 337 g/mol. The quantitative estimate of drug-likeness (QED) is 0.528. The highest BCUT2D eigenvalue weighted by atomic mass is 35.5. The number of carbonyl (C=O) groups excluding carboxylic acids is 1. The van der Waals surface area contributed by atoms with Crippen molar-refractivity contribution in [1.29, 1.82) is 0 Å². The first-order chi connectivity index (χ1) is 9.63. The Morgan fingerprint density at radius 2 is 1.80 bits per heavy atom. The molecule has 0 saturated carbocycles. The van der Waals surface area contributed by atoms with Crippen LogP contribution in [-0.4, -0.2) is 30.2 Å². The number of alkyl halides is 3. The summed E-state index contributed by atoms with van der Waals surface area (Å²) in [6.07, 6.45) is 1.36. The Bertz CT molecular complexity index is 455. The van der Waals surface area contributed by atoms with Crippen molar-refractivity contribution in [3.05, 3.63) is 23.3 Å². The van der Waals surface area contributed by atoms with Gasteiger partial charge in [0, 0.05) is 24.2 Å². The fourth-order valence-electron chi connectivity index (χ4n) is 1.87. The second-order valence-electron chi connectivity index (χ2n) is 4.11. The van der Waals surface area contributed by atoms with E-state index in [9.17, 15) is 4.79 Å². The third kappa shape index (κ3) is 4.93. The van der Waals surface area contributed by atoms with Gasteiger partial charge >= 0.3 is 6.03 Å². The fraction of sp³-hybridized carbons (Fsp3) is 0.462. The molecule has 0 aliphatic carbocycles. The number of carbonyl (C=O) groups is 1. The van der Waals surface area contributed by atoms with Crippen LogP contribution in [0.15, 0.2) is 12.1 Å². The molecule has 0 fully saturated rings. The molecule has 4 N–H and O–H groups in total. The predicted octanol–water partition coefficient (Wildman–Crippen LogP) is 3.19. The molecule has 0 spiro atoms. The van der Waals surface area contributed by atoms with Crippen LogP contribution in [0.2, 0.25) is 0 Å². The number of hydrogen-bond donors (Lipinski definition) is 3. The van der Waals surface area contributed by atoms with Gasteiger partial charge < -0.3 is 16.4 Å². The van der Waals surface area contributed by atoms with Crippen LogP contribution in [0, 0.1) is 0 Å². The number of amides is 2. The molecule has 1 rings (SSSR count). The van der Waals surface area contributed by atoms with Gasteiger partial charge in [-0.25, -0.2) is 4.79 Å². The number of aryl methyl sites for hydroxylation is 1. The molecule has 0 saturated heterocycles. The zero-order chi connectivity index (χ0) is 15.0. The van der Waals surface area contributed by atoms with Crippen LogP contribution < -0.4 is 16.4 Å². The van der Waals surface area contributed by atoms with Gasteiger partial charge in [-0.05, 0) is 30.0 Å². The summed E-state index contributed by atoms with van der Waals surface area (Å²) in [5.41, 5.74) is 9.21. The van der Waals surface area contributed by atoms with Crippen molar-refractivity contribution in [2.45, 2.75) is 12.8 Å². The van der Waals surface area contributed by atoms with E-state index >= 15 is 0 Å². The van der Waals surface area contributed by atoms with Crippen LogP contribution in [0.1, 0.15) is 11.1 Å². The summed E-state index contributed by atoms with van der Waals surface area (Å²) in [5.74, 6) is 1.33. The number of nitrogen functional groups attached to an aromatic ring is 1. The zero-order valence-corrected chi connectivity index (χ0v) is 13.3. The van der Waals surface area contributed by atoms with Gasteiger partial charge in [0.2, 0.25) is 0 Å². The van der Waals surface area contributed by atoms with Gasteiger partial charge in [0.15, 0.2) is 0 Å². The number of urea groups is 1. The summed E-state index contributed by atoms with van der Waals surface area (Å²) < 4.78 is 0. The zero-order valence-electron chi connectivity index (χ0n) is 11.0. The average Bonchev–Trinajstić information content (AvgIpc) is 2.44. The Kier molecular flexibility index (Phi) is 7.88. The minimum absolute atomic E-state index is 0.334. The molecule has 112 valence electrons. The second kappa shape index (κ2) is 9.16. The lowest BCUT2D eigenvalue weighted by atomic mass is 10.00. The Balaban J connectivity index is 2.92. The van der Waals surface area contributed by atoms with Crippen molar-refractivity contribution in [2.24, 2.45) is 0 Å². The summed E-state index contributed by atoms with van der Waals surface area (Å²) in [6.45, 7) is 0.395. The molecule has 0 atom stereocenters. The van der Waals surface area contributed by atoms with Gasteiger partial charge in [-0.2, -0.15) is 0 Å². The summed E-state index contributed by atoms with van der Waals surface area (Å²) in [5, 5.41) is 5.32. The lowest BCUT2D eigenvalue weighted by molar-refractivity contribution is 0.252. The van der Waals surface area contributed by atoms with Gasteiger partial charge in [-0.3, -0.25) is 0 Å². The average molecular weight is 339 g/mol. The van der Waals surface area contributed by atoms with Crippen molar-refractivity contribution in [3.63, 3.8) is 0 Å². The molecule has 0 aromatic heterocycles. The number of rotatable bonds is 7. The van der Waals surface area contributed by atoms with E-state index in [1.165, 1.54) is 0 Å². The van der Waals surface area contributed by atoms with Crippen LogP contribution in [0.25, 0.3) is 0 Å². The molecule has 4 nitrogen and oxygen atoms in total. The number of hydrogen-bond acceptors (Lipinski definition) is 2. The second-order valence-corrected chi connectivity index (χ2v) is 5.25. The van der Waals surface area contributed by atoms with E-state index in [1.807, 2.05) is 6.07 Å². The molecule has 1 aromatic rings. The molecule has 0 radical (unpaired) electrons. The molecular weight excluding hydrogens is 321 g/mol. The largest absolute Gasteiger partial charge is 0.397 e. The van der Waals surface area contributed by atoms with Crippen molar-refractivity contribution < 1.29 is 4.79 Å². The first-order valence-corrected chi connectivity index (χ1v) is 7.87. The molecule has 0 unspecified atom stereocenters. The third-order valence-corrected chi connectivity index (χ3v) is 3.36. The molecule has 20 heavy (non-hydrogen) atoms. The highest BCUT2D eigenvalue weighted by molar-refractivity contribution is 6.18. The van der Waals surface area contributed by atoms with Gasteiger partial charge in [-0.15, -0.1) is 34.8 Å². The molecule has 0 aliphatic heterocycles. The molecule has 2 amide bonds. The molecule has 0 heterocycles. The Morgan fingerprint density at radius 3 is 2.40 bits per heavy atom. The van der Waals surface area contributed by atoms with Gasteiger partial charge in [0.1, 0.15) is 0 Å². The Hall–Kier alpha value is -0.840. The molecular formula is C13H18Cl3N3O. The topological polar surface area (TPSA) is 67.1 Å². The molecule has 0 aliphatic rings. The van der Waals surface area contributed by atoms with Crippen LogP contribution in [-0.2, 0) is 12.8 Å². The van der Waals surface area contributed by atoms with E-state index in [0.29, 0.717) is 42.0 Å². The third-order valence-electron chi connectivity index (χ3n) is 2.79. The van der Waals surface area contributed by atoms with Crippen LogP contribution in [0.4, 0.5) is 16.2 Å². The smallest absolute Gasteiger partial charge is 0.319 e. The maximum absolute atomic E-state index is 11.6. The first kappa shape index (κ1) is 17.2. The lowest BCUT2D eigenvalue weighted by Crippen LogP contribution is -2.30. The molecule has 0 bridgehead atoms. The minimum atomic E-state index is -0.334. The molecule has 7 heteroatoms. The van der Waals surface area contributed by atoms with Gasteiger partial charge in [-0.1, -0.05) is 6.07 Å². The van der Waals surface area contributed by atoms with Gasteiger partial charge in [0.05, 0.1) is 11.4 Å². The summed E-state index contributed by atoms with van der Waals surface area (Å²) in [4.78, 5) is 11.6. The van der Waals surface area contributed by atoms with Crippen molar-refractivity contribution >= 4 is 52.2 Å². The summed E-state index contributed by atoms with van der Waals surface area (Å²) in [6, 6.07) is 3.35. The number of halogens is 3. The fourth-order valence-corrected chi connectivity index (χ4v) is 2.36. The number of nitrogens with two attached hydrogens (primary N) is 1. The highest BCUT2D eigenvalue weighted by Crippen LogP contribution is 2.27.